The first-order valence-electron chi connectivity index (χ1n) is 6.75. The van der Waals surface area contributed by atoms with Crippen LogP contribution in [0.4, 0.5) is 0 Å². The molecule has 0 saturated carbocycles. The summed E-state index contributed by atoms with van der Waals surface area (Å²) in [6, 6.07) is 15.0. The Morgan fingerprint density at radius 3 is 2.22 bits per heavy atom. The molecule has 0 nitrogen and oxygen atoms in total. The van der Waals surface area contributed by atoms with Crippen molar-refractivity contribution in [1.82, 2.24) is 0 Å². The van der Waals surface area contributed by atoms with Gasteiger partial charge in [0.05, 0.1) is 0 Å². The standard InChI is InChI=1S/C10H15.C7H9.Fe/c1-3-6-10-8-5-7-9(10)4-2;1-2-7-5-3-4-6-7;/h5,7-8H,3-4,6H2,1-2H3;3-6H,2H2,1H3;/q-1;-5;. The second-order valence-corrected chi connectivity index (χ2v) is 4.33. The Morgan fingerprint density at radius 2 is 1.78 bits per heavy atom. The SMILES string of the molecule is CCC[c-]1cccc1CC.CC[c-]1[cH-][cH-][cH-][cH-]1.[Fe]. The molecule has 0 aliphatic rings. The Balaban J connectivity index is 0.000000321. The second-order valence-electron chi connectivity index (χ2n) is 4.33. The number of hydrogen-bond acceptors (Lipinski definition) is 0. The summed E-state index contributed by atoms with van der Waals surface area (Å²) in [7, 11) is 0. The number of hydrogen-bond donors (Lipinski definition) is 0. The van der Waals surface area contributed by atoms with Crippen molar-refractivity contribution in [2.24, 2.45) is 0 Å². The van der Waals surface area contributed by atoms with Crippen LogP contribution in [0.2, 0.25) is 0 Å². The average Bonchev–Trinajstić information content (AvgIpc) is 3.00. The van der Waals surface area contributed by atoms with Gasteiger partial charge in [-0.25, -0.2) is 18.6 Å². The topological polar surface area (TPSA) is 0 Å². The van der Waals surface area contributed by atoms with Crippen LogP contribution in [-0.4, -0.2) is 0 Å². The van der Waals surface area contributed by atoms with E-state index in [9.17, 15) is 0 Å². The van der Waals surface area contributed by atoms with Crippen LogP contribution < -0.4 is 0 Å². The van der Waals surface area contributed by atoms with E-state index in [1.54, 1.807) is 5.56 Å². The smallest absolute Gasteiger partial charge is 0 e. The summed E-state index contributed by atoms with van der Waals surface area (Å²) in [4.78, 5) is 0. The van der Waals surface area contributed by atoms with Crippen molar-refractivity contribution in [3.05, 3.63) is 59.2 Å². The van der Waals surface area contributed by atoms with Crippen LogP contribution in [0.5, 0.6) is 0 Å². The summed E-state index contributed by atoms with van der Waals surface area (Å²) in [5.74, 6) is 0. The van der Waals surface area contributed by atoms with Crippen molar-refractivity contribution in [2.75, 3.05) is 0 Å². The van der Waals surface area contributed by atoms with Gasteiger partial charge in [-0.3, -0.25) is 0 Å². The Morgan fingerprint density at radius 1 is 1.11 bits per heavy atom. The summed E-state index contributed by atoms with van der Waals surface area (Å²) in [5.41, 5.74) is 4.51. The molecule has 0 N–H and O–H groups in total. The van der Waals surface area contributed by atoms with Gasteiger partial charge in [0.25, 0.3) is 0 Å². The van der Waals surface area contributed by atoms with Crippen molar-refractivity contribution in [2.45, 2.75) is 46.5 Å². The van der Waals surface area contributed by atoms with Gasteiger partial charge in [-0.1, -0.05) is 40.0 Å². The predicted molar refractivity (Wildman–Crippen MR) is 76.8 cm³/mol. The van der Waals surface area contributed by atoms with E-state index in [1.165, 1.54) is 30.4 Å². The minimum atomic E-state index is 0. The molecule has 0 bridgehead atoms. The van der Waals surface area contributed by atoms with Crippen molar-refractivity contribution >= 4 is 0 Å². The molecule has 0 heterocycles. The van der Waals surface area contributed by atoms with Gasteiger partial charge in [-0.2, -0.15) is 17.2 Å². The monoisotopic (exact) mass is 284 g/mol. The Bertz CT molecular complexity index is 381. The van der Waals surface area contributed by atoms with Crippen molar-refractivity contribution < 1.29 is 17.1 Å². The van der Waals surface area contributed by atoms with E-state index in [2.05, 4.69) is 63.2 Å². The van der Waals surface area contributed by atoms with Crippen molar-refractivity contribution in [3.63, 3.8) is 0 Å². The normalized spacial score (nSPS) is 9.28. The van der Waals surface area contributed by atoms with Gasteiger partial charge >= 0.3 is 0 Å². The molecule has 0 aliphatic carbocycles. The first-order chi connectivity index (χ1) is 8.31. The van der Waals surface area contributed by atoms with Gasteiger partial charge in [0.15, 0.2) is 0 Å². The van der Waals surface area contributed by atoms with Crippen LogP contribution in [0.15, 0.2) is 42.5 Å². The largest absolute Gasteiger partial charge is 0.748 e. The summed E-state index contributed by atoms with van der Waals surface area (Å²) in [5, 5.41) is 0. The fourth-order valence-electron chi connectivity index (χ4n) is 2.00. The Hall–Kier alpha value is -0.781. The van der Waals surface area contributed by atoms with E-state index >= 15 is 0 Å². The van der Waals surface area contributed by atoms with E-state index in [-0.39, 0.29) is 17.1 Å². The fraction of sp³-hybridized carbons (Fsp3) is 0.412. The second kappa shape index (κ2) is 10.2. The van der Waals surface area contributed by atoms with Crippen LogP contribution in [0.3, 0.4) is 0 Å². The summed E-state index contributed by atoms with van der Waals surface area (Å²) in [6.45, 7) is 6.61. The predicted octanol–water partition coefficient (Wildman–Crippen LogP) is 4.89. The zero-order valence-corrected chi connectivity index (χ0v) is 12.8. The third kappa shape index (κ3) is 5.71. The molecular formula is C17H24Fe-6. The average molecular weight is 284 g/mol. The zero-order chi connectivity index (χ0) is 12.5. The maximum Gasteiger partial charge on any atom is 0 e. The number of rotatable bonds is 4. The minimum Gasteiger partial charge on any atom is -0.748 e. The van der Waals surface area contributed by atoms with Crippen LogP contribution in [-0.2, 0) is 36.3 Å². The molecule has 2 rings (SSSR count). The molecule has 1 heteroatoms. The van der Waals surface area contributed by atoms with Crippen LogP contribution >= 0.6 is 0 Å². The molecule has 0 spiro atoms. The van der Waals surface area contributed by atoms with Gasteiger partial charge in [0.2, 0.25) is 0 Å². The molecule has 0 fully saturated rings. The first kappa shape index (κ1) is 17.2. The van der Waals surface area contributed by atoms with E-state index in [4.69, 9.17) is 0 Å². The summed E-state index contributed by atoms with van der Waals surface area (Å²) < 4.78 is 0. The quantitative estimate of drug-likeness (QED) is 0.554. The molecule has 0 aromatic heterocycles. The molecule has 2 aromatic carbocycles. The summed E-state index contributed by atoms with van der Waals surface area (Å²) in [6.07, 6.45) is 4.85. The first-order valence-corrected chi connectivity index (χ1v) is 6.75. The van der Waals surface area contributed by atoms with E-state index in [0.29, 0.717) is 0 Å². The molecule has 0 unspecified atom stereocenters. The Labute approximate surface area is 123 Å². The molecule has 0 saturated heterocycles. The fourth-order valence-corrected chi connectivity index (χ4v) is 2.00. The summed E-state index contributed by atoms with van der Waals surface area (Å²) >= 11 is 0. The third-order valence-electron chi connectivity index (χ3n) is 3.05. The van der Waals surface area contributed by atoms with E-state index in [1.807, 2.05) is 0 Å². The Kier molecular flexibility index (Phi) is 9.73. The van der Waals surface area contributed by atoms with Crippen LogP contribution in [0, 0.1) is 0 Å². The van der Waals surface area contributed by atoms with Crippen LogP contribution in [0.1, 0.15) is 43.9 Å². The van der Waals surface area contributed by atoms with Crippen molar-refractivity contribution in [3.8, 4) is 0 Å². The van der Waals surface area contributed by atoms with Gasteiger partial charge in [0.1, 0.15) is 0 Å². The molecule has 0 aliphatic heterocycles. The molecule has 0 atom stereocenters. The molecular weight excluding hydrogens is 260 g/mol. The number of aryl methyl sites for hydroxylation is 3. The van der Waals surface area contributed by atoms with Gasteiger partial charge in [-0.05, 0) is 0 Å². The maximum atomic E-state index is 2.24. The molecule has 0 radical (unpaired) electrons. The molecule has 0 amide bonds. The molecule has 18 heavy (non-hydrogen) atoms. The molecule has 2 aromatic rings. The minimum absolute atomic E-state index is 0. The van der Waals surface area contributed by atoms with Gasteiger partial charge < -0.3 is 29.8 Å². The third-order valence-corrected chi connectivity index (χ3v) is 3.05. The molecule has 106 valence electrons. The zero-order valence-electron chi connectivity index (χ0n) is 11.7. The van der Waals surface area contributed by atoms with Gasteiger partial charge in [-0.15, -0.1) is 0 Å². The maximum absolute atomic E-state index is 2.24. The van der Waals surface area contributed by atoms with E-state index < -0.39 is 0 Å². The van der Waals surface area contributed by atoms with Gasteiger partial charge in [0, 0.05) is 17.1 Å². The van der Waals surface area contributed by atoms with Crippen LogP contribution in [0.25, 0.3) is 0 Å². The van der Waals surface area contributed by atoms with Crippen molar-refractivity contribution in [1.29, 1.82) is 0 Å². The van der Waals surface area contributed by atoms with E-state index in [0.717, 1.165) is 6.42 Å².